The Bertz CT molecular complexity index is 1040. The Morgan fingerprint density at radius 3 is 2.70 bits per heavy atom. The third kappa shape index (κ3) is 3.32. The van der Waals surface area contributed by atoms with Gasteiger partial charge >= 0.3 is 0 Å². The van der Waals surface area contributed by atoms with E-state index in [-0.39, 0.29) is 24.0 Å². The Balaban J connectivity index is 1.74. The molecule has 6 nitrogen and oxygen atoms in total. The number of aliphatic hydroxyl groups is 1. The summed E-state index contributed by atoms with van der Waals surface area (Å²) in [6.07, 6.45) is 0.111. The van der Waals surface area contributed by atoms with Crippen LogP contribution >= 0.6 is 11.8 Å². The lowest BCUT2D eigenvalue weighted by Crippen LogP contribution is -2.48. The molecule has 0 radical (unpaired) electrons. The molecule has 0 saturated carbocycles. The maximum absolute atomic E-state index is 13.2. The second-order valence-electron chi connectivity index (χ2n) is 7.16. The van der Waals surface area contributed by atoms with Gasteiger partial charge in [0.15, 0.2) is 5.72 Å². The number of ether oxygens (including phenoxy) is 2. The Morgan fingerprint density at radius 2 is 2.03 bits per heavy atom. The van der Waals surface area contributed by atoms with Crippen LogP contribution in [0.15, 0.2) is 59.1 Å². The van der Waals surface area contributed by atoms with Gasteiger partial charge in [0.05, 0.1) is 36.1 Å². The number of carbonyl (C=O) groups is 1. The lowest BCUT2D eigenvalue weighted by molar-refractivity contribution is -0.149. The summed E-state index contributed by atoms with van der Waals surface area (Å²) in [6.45, 7) is 2.45. The fourth-order valence-electron chi connectivity index (χ4n) is 3.97. The van der Waals surface area contributed by atoms with Gasteiger partial charge in [-0.1, -0.05) is 24.3 Å². The zero-order valence-corrected chi connectivity index (χ0v) is 17.6. The Kier molecular flexibility index (Phi) is 5.46. The van der Waals surface area contributed by atoms with Crippen LogP contribution in [-0.4, -0.2) is 35.4 Å². The molecule has 2 atom stereocenters. The highest BCUT2D eigenvalue weighted by Crippen LogP contribution is 2.51. The molecular formula is C23H22N2O4S. The van der Waals surface area contributed by atoms with Gasteiger partial charge in [0.25, 0.3) is 0 Å². The monoisotopic (exact) mass is 422 g/mol. The lowest BCUT2D eigenvalue weighted by atomic mass is 9.85. The predicted molar refractivity (Wildman–Crippen MR) is 114 cm³/mol. The van der Waals surface area contributed by atoms with Crippen molar-refractivity contribution in [2.75, 3.05) is 19.5 Å². The van der Waals surface area contributed by atoms with Crippen molar-refractivity contribution in [2.24, 2.45) is 0 Å². The summed E-state index contributed by atoms with van der Waals surface area (Å²) in [7, 11) is 1.58. The molecule has 2 aliphatic heterocycles. The van der Waals surface area contributed by atoms with Crippen LogP contribution in [0.2, 0.25) is 0 Å². The molecule has 0 aromatic heterocycles. The summed E-state index contributed by atoms with van der Waals surface area (Å²) in [6, 6.07) is 16.8. The highest BCUT2D eigenvalue weighted by atomic mass is 32.2. The smallest absolute Gasteiger partial charge is 0.231 e. The summed E-state index contributed by atoms with van der Waals surface area (Å²) in [4.78, 5) is 14.6. The molecule has 7 heteroatoms. The van der Waals surface area contributed by atoms with Crippen LogP contribution in [0.1, 0.15) is 30.4 Å². The minimum atomic E-state index is -1.50. The summed E-state index contributed by atoms with van der Waals surface area (Å²) in [5.74, 6) is 1.07. The molecule has 1 N–H and O–H groups in total. The van der Waals surface area contributed by atoms with E-state index >= 15 is 0 Å². The number of nitrogens with zero attached hydrogens (tertiary/aromatic N) is 2. The van der Waals surface area contributed by atoms with Gasteiger partial charge in [-0.3, -0.25) is 9.69 Å². The average molecular weight is 423 g/mol. The Labute approximate surface area is 179 Å². The fraction of sp³-hybridized carbons (Fsp3) is 0.304. The first-order valence-electron chi connectivity index (χ1n) is 9.71. The first-order chi connectivity index (χ1) is 14.5. The second-order valence-corrected chi connectivity index (χ2v) is 8.12. The number of rotatable bonds is 5. The van der Waals surface area contributed by atoms with E-state index in [1.807, 2.05) is 31.2 Å². The van der Waals surface area contributed by atoms with E-state index in [1.54, 1.807) is 31.4 Å². The summed E-state index contributed by atoms with van der Waals surface area (Å²) in [5.41, 5.74) is 0.445. The quantitative estimate of drug-likeness (QED) is 0.790. The van der Waals surface area contributed by atoms with Crippen LogP contribution in [0.25, 0.3) is 0 Å². The number of carbonyl (C=O) groups excluding carboxylic acids is 1. The molecule has 0 spiro atoms. The number of methoxy groups -OCH3 is 1. The van der Waals surface area contributed by atoms with E-state index in [1.165, 1.54) is 16.7 Å². The SMILES string of the molecule is CCOc1ccc([C@]2(O)CSC3=C(C#N)[C@H](c4cccc(OC)c4)CC(=O)N32)cc1. The molecule has 2 aromatic carbocycles. The first kappa shape index (κ1) is 20.3. The largest absolute Gasteiger partial charge is 0.497 e. The molecule has 1 saturated heterocycles. The summed E-state index contributed by atoms with van der Waals surface area (Å²) >= 11 is 1.34. The van der Waals surface area contributed by atoms with Crippen molar-refractivity contribution in [2.45, 2.75) is 25.0 Å². The molecule has 0 unspecified atom stereocenters. The van der Waals surface area contributed by atoms with Gasteiger partial charge in [-0.25, -0.2) is 0 Å². The van der Waals surface area contributed by atoms with Crippen LogP contribution in [0.4, 0.5) is 0 Å². The number of nitriles is 1. The third-order valence-corrected chi connectivity index (χ3v) is 6.66. The molecule has 4 rings (SSSR count). The Morgan fingerprint density at radius 1 is 1.27 bits per heavy atom. The van der Waals surface area contributed by atoms with Crippen LogP contribution in [0, 0.1) is 11.3 Å². The van der Waals surface area contributed by atoms with Crippen molar-refractivity contribution in [3.63, 3.8) is 0 Å². The zero-order valence-electron chi connectivity index (χ0n) is 16.8. The molecule has 0 bridgehead atoms. The number of fused-ring (bicyclic) bond motifs is 1. The zero-order chi connectivity index (χ0) is 21.3. The maximum Gasteiger partial charge on any atom is 0.231 e. The Hall–Kier alpha value is -2.95. The highest BCUT2D eigenvalue weighted by molar-refractivity contribution is 8.03. The van der Waals surface area contributed by atoms with E-state index in [0.29, 0.717) is 34.3 Å². The van der Waals surface area contributed by atoms with Crippen LogP contribution in [-0.2, 0) is 10.5 Å². The number of benzene rings is 2. The number of hydrogen-bond acceptors (Lipinski definition) is 6. The van der Waals surface area contributed by atoms with Gasteiger partial charge in [0.2, 0.25) is 5.91 Å². The standard InChI is InChI=1S/C23H22N2O4S/c1-3-29-17-9-7-16(8-10-17)23(27)14-30-22-20(13-24)19(12-21(26)25(22)23)15-5-4-6-18(11-15)28-2/h4-11,19,27H,3,12,14H2,1-2H3/t19-,23+/m0/s1. The van der Waals surface area contributed by atoms with Crippen molar-refractivity contribution < 1.29 is 19.4 Å². The third-order valence-electron chi connectivity index (χ3n) is 5.43. The molecule has 154 valence electrons. The molecule has 30 heavy (non-hydrogen) atoms. The molecule has 2 heterocycles. The lowest BCUT2D eigenvalue weighted by Gasteiger charge is -2.38. The minimum absolute atomic E-state index is 0.111. The van der Waals surface area contributed by atoms with Gasteiger partial charge in [-0.15, -0.1) is 11.8 Å². The van der Waals surface area contributed by atoms with Crippen LogP contribution in [0.5, 0.6) is 11.5 Å². The highest BCUT2D eigenvalue weighted by Gasteiger charge is 2.51. The normalized spacial score (nSPS) is 23.2. The predicted octanol–water partition coefficient (Wildman–Crippen LogP) is 3.74. The van der Waals surface area contributed by atoms with Crippen molar-refractivity contribution in [1.29, 1.82) is 5.26 Å². The van der Waals surface area contributed by atoms with Gasteiger partial charge in [0, 0.05) is 17.9 Å². The van der Waals surface area contributed by atoms with E-state index in [4.69, 9.17) is 9.47 Å². The van der Waals surface area contributed by atoms with Crippen molar-refractivity contribution in [3.8, 4) is 17.6 Å². The van der Waals surface area contributed by atoms with E-state index in [2.05, 4.69) is 6.07 Å². The van der Waals surface area contributed by atoms with E-state index in [9.17, 15) is 15.2 Å². The molecule has 1 amide bonds. The maximum atomic E-state index is 13.2. The topological polar surface area (TPSA) is 82.8 Å². The molecular weight excluding hydrogens is 400 g/mol. The van der Waals surface area contributed by atoms with Crippen LogP contribution in [0.3, 0.4) is 0 Å². The van der Waals surface area contributed by atoms with E-state index < -0.39 is 5.72 Å². The van der Waals surface area contributed by atoms with Gasteiger partial charge in [0.1, 0.15) is 11.5 Å². The van der Waals surface area contributed by atoms with E-state index in [0.717, 1.165) is 5.56 Å². The van der Waals surface area contributed by atoms with Gasteiger partial charge < -0.3 is 14.6 Å². The summed E-state index contributed by atoms with van der Waals surface area (Å²) < 4.78 is 10.8. The number of allylic oxidation sites excluding steroid dienone is 1. The molecule has 2 aliphatic rings. The van der Waals surface area contributed by atoms with Crippen molar-refractivity contribution >= 4 is 17.7 Å². The van der Waals surface area contributed by atoms with Crippen molar-refractivity contribution in [3.05, 3.63) is 70.3 Å². The molecule has 1 fully saturated rings. The van der Waals surface area contributed by atoms with Crippen LogP contribution < -0.4 is 9.47 Å². The second kappa shape index (κ2) is 8.05. The fourth-order valence-corrected chi connectivity index (χ4v) is 5.33. The first-order valence-corrected chi connectivity index (χ1v) is 10.7. The average Bonchev–Trinajstić information content (AvgIpc) is 3.13. The number of amides is 1. The minimum Gasteiger partial charge on any atom is -0.497 e. The summed E-state index contributed by atoms with van der Waals surface area (Å²) in [5, 5.41) is 21.9. The number of hydrogen-bond donors (Lipinski definition) is 1. The van der Waals surface area contributed by atoms with Gasteiger partial charge in [-0.2, -0.15) is 5.26 Å². The molecule has 2 aromatic rings. The van der Waals surface area contributed by atoms with Crippen molar-refractivity contribution in [1.82, 2.24) is 4.90 Å². The number of thioether (sulfide) groups is 1. The van der Waals surface area contributed by atoms with Gasteiger partial charge in [-0.05, 0) is 36.8 Å². The molecule has 0 aliphatic carbocycles.